The molecule has 1 N–H and O–H groups in total. The molecule has 0 atom stereocenters. The fourth-order valence-corrected chi connectivity index (χ4v) is 1.61. The van der Waals surface area contributed by atoms with E-state index in [4.69, 9.17) is 5.73 Å². The normalized spacial score (nSPS) is 8.00. The Morgan fingerprint density at radius 1 is 1.10 bits per heavy atom. The molecule has 0 aliphatic carbocycles. The summed E-state index contributed by atoms with van der Waals surface area (Å²) in [5.74, 6) is 0. The summed E-state index contributed by atoms with van der Waals surface area (Å²) in [6.45, 7) is 8.62. The minimum absolute atomic E-state index is 0. The van der Waals surface area contributed by atoms with E-state index in [-0.39, 0.29) is 29.8 Å². The maximum absolute atomic E-state index is 6.94. The second kappa shape index (κ2) is 16.6. The van der Waals surface area contributed by atoms with E-state index in [9.17, 15) is 0 Å². The first-order valence-electron chi connectivity index (χ1n) is 5.17. The molecule has 0 amide bonds. The number of halogens is 3. The molecule has 0 unspecified atom stereocenters. The molecular weight excluding hydrogens is 431 g/mol. The Labute approximate surface area is 153 Å². The summed E-state index contributed by atoms with van der Waals surface area (Å²) in [6, 6.07) is 12.6. The zero-order valence-corrected chi connectivity index (χ0v) is 18.2. The van der Waals surface area contributed by atoms with Crippen molar-refractivity contribution in [1.82, 2.24) is 0 Å². The first-order valence-corrected chi connectivity index (χ1v) is 10.2. The number of rotatable bonds is 0. The van der Waals surface area contributed by atoms with Gasteiger partial charge >= 0.3 is 30.2 Å². The molecule has 0 aliphatic rings. The van der Waals surface area contributed by atoms with Crippen molar-refractivity contribution < 1.29 is 32.7 Å². The van der Waals surface area contributed by atoms with Crippen molar-refractivity contribution in [3.63, 3.8) is 0 Å². The minimum atomic E-state index is -0.250. The summed E-state index contributed by atoms with van der Waals surface area (Å²) in [4.78, 5) is 0. The van der Waals surface area contributed by atoms with E-state index in [0.29, 0.717) is 0 Å². The van der Waals surface area contributed by atoms with Crippen LogP contribution in [-0.4, -0.2) is 12.4 Å². The molecule has 0 aromatic heterocycles. The molecule has 2 rings (SSSR count). The van der Waals surface area contributed by atoms with E-state index in [2.05, 4.69) is 59.2 Å². The van der Waals surface area contributed by atoms with Crippen molar-refractivity contribution in [2.24, 2.45) is 0 Å². The molecule has 0 saturated carbocycles. The maximum atomic E-state index is 6.94. The van der Waals surface area contributed by atoms with Crippen LogP contribution in [0.15, 0.2) is 40.9 Å². The van der Waals surface area contributed by atoms with Gasteiger partial charge in [0.05, 0.1) is 0 Å². The van der Waals surface area contributed by atoms with Gasteiger partial charge in [-0.3, -0.25) is 9.41 Å². The second-order valence-electron chi connectivity index (χ2n) is 4.55. The van der Waals surface area contributed by atoms with Gasteiger partial charge in [-0.2, -0.15) is 6.07 Å². The SMILES string of the molecule is Brc1cc2ccccc2[cH-]1.CC(C)(C)[NH-].F.F.[CH3-].[CH3-].[Si]=[Zr]. The van der Waals surface area contributed by atoms with Gasteiger partial charge in [0.2, 0.25) is 0 Å². The molecule has 0 heterocycles. The van der Waals surface area contributed by atoms with Crippen molar-refractivity contribution in [2.45, 2.75) is 26.3 Å². The standard InChI is InChI=1S/C9H6Br.C4H10N.2CH3.2FH.Si.Zr/c10-9-5-7-3-1-2-4-8(7)6-9;1-4(2,3)5;;;;;;/h1-6H;5H,1-3H3;2*1H3;2*1H;;/q4*-1;;;;. The van der Waals surface area contributed by atoms with E-state index in [1.807, 2.05) is 20.8 Å². The summed E-state index contributed by atoms with van der Waals surface area (Å²) in [6.07, 6.45) is 0. The van der Waals surface area contributed by atoms with E-state index < -0.39 is 0 Å². The van der Waals surface area contributed by atoms with Gasteiger partial charge in [-0.15, -0.1) is 40.6 Å². The molecule has 1 nitrogen and oxygen atoms in total. The van der Waals surface area contributed by atoms with Crippen molar-refractivity contribution in [3.05, 3.63) is 61.5 Å². The first kappa shape index (κ1) is 33.0. The number of hydrogen-bond donors (Lipinski definition) is 0. The fraction of sp³-hybridized carbons (Fsp3) is 0.267. The molecule has 21 heavy (non-hydrogen) atoms. The molecule has 0 spiro atoms. The molecule has 2 aromatic carbocycles. The monoisotopic (exact) mass is 453 g/mol. The molecule has 0 saturated heterocycles. The van der Waals surface area contributed by atoms with Crippen LogP contribution < -0.4 is 0 Å². The first-order chi connectivity index (χ1) is 7.86. The number of hydrogen-bond acceptors (Lipinski definition) is 0. The van der Waals surface area contributed by atoms with E-state index in [1.165, 1.54) is 34.1 Å². The van der Waals surface area contributed by atoms with Crippen molar-refractivity contribution >= 4 is 33.6 Å². The van der Waals surface area contributed by atoms with E-state index >= 15 is 0 Å². The summed E-state index contributed by atoms with van der Waals surface area (Å²) in [5, 5.41) is 2.60. The van der Waals surface area contributed by atoms with Gasteiger partial charge in [-0.05, 0) is 0 Å². The van der Waals surface area contributed by atoms with Gasteiger partial charge in [0.25, 0.3) is 0 Å². The van der Waals surface area contributed by atoms with Crippen LogP contribution in [0.2, 0.25) is 0 Å². The van der Waals surface area contributed by atoms with Crippen molar-refractivity contribution in [1.29, 1.82) is 0 Å². The predicted octanol–water partition coefficient (Wildman–Crippen LogP) is 5.98. The summed E-state index contributed by atoms with van der Waals surface area (Å²) < 4.78 is 1.16. The average molecular weight is 456 g/mol. The predicted molar refractivity (Wildman–Crippen MR) is 94.9 cm³/mol. The quantitative estimate of drug-likeness (QED) is 0.345. The van der Waals surface area contributed by atoms with Gasteiger partial charge in [0, 0.05) is 0 Å². The molecule has 0 fully saturated rings. The Kier molecular flexibility index (Phi) is 26.1. The van der Waals surface area contributed by atoms with Crippen LogP contribution in [0, 0.1) is 14.9 Å². The Morgan fingerprint density at radius 2 is 1.48 bits per heavy atom. The third-order valence-electron chi connectivity index (χ3n) is 1.58. The second-order valence-corrected chi connectivity index (χ2v) is 5.47. The summed E-state index contributed by atoms with van der Waals surface area (Å²) >= 11 is 4.78. The van der Waals surface area contributed by atoms with Crippen LogP contribution in [0.3, 0.4) is 0 Å². The van der Waals surface area contributed by atoms with E-state index in [1.54, 1.807) is 0 Å². The molecule has 6 heteroatoms. The fourth-order valence-electron chi connectivity index (χ4n) is 1.11. The van der Waals surface area contributed by atoms with E-state index in [0.717, 1.165) is 4.47 Å². The average Bonchev–Trinajstić information content (AvgIpc) is 2.58. The molecule has 2 aromatic rings. The van der Waals surface area contributed by atoms with Gasteiger partial charge in [0.1, 0.15) is 0 Å². The van der Waals surface area contributed by atoms with Crippen LogP contribution >= 0.6 is 15.9 Å². The molecule has 2 radical (unpaired) electrons. The Morgan fingerprint density at radius 3 is 1.86 bits per heavy atom. The third-order valence-corrected chi connectivity index (χ3v) is 2.04. The Hall–Kier alpha value is 0.230. The van der Waals surface area contributed by atoms with Crippen LogP contribution in [0.5, 0.6) is 0 Å². The van der Waals surface area contributed by atoms with Crippen molar-refractivity contribution in [3.8, 4) is 0 Å². The van der Waals surface area contributed by atoms with Crippen molar-refractivity contribution in [2.75, 3.05) is 0 Å². The number of nitrogens with one attached hydrogen (secondary N) is 1. The summed E-state index contributed by atoms with van der Waals surface area (Å²) in [7, 11) is 0. The zero-order chi connectivity index (χ0) is 13.5. The molecule has 122 valence electrons. The van der Waals surface area contributed by atoms with Gasteiger partial charge in [-0.25, -0.2) is 0 Å². The Bertz CT molecular complexity index is 419. The van der Waals surface area contributed by atoms with Crippen LogP contribution in [0.4, 0.5) is 9.41 Å². The zero-order valence-electron chi connectivity index (χ0n) is 13.2. The van der Waals surface area contributed by atoms with Gasteiger partial charge < -0.3 is 20.6 Å². The number of benzene rings is 1. The molecule has 0 bridgehead atoms. The van der Waals surface area contributed by atoms with Crippen LogP contribution in [0.25, 0.3) is 16.5 Å². The molecule has 0 aliphatic heterocycles. The van der Waals surface area contributed by atoms with Crippen LogP contribution in [-0.2, 0) is 23.3 Å². The summed E-state index contributed by atoms with van der Waals surface area (Å²) in [5.41, 5.74) is 6.69. The number of fused-ring (bicyclic) bond motifs is 1. The van der Waals surface area contributed by atoms with Gasteiger partial charge in [-0.1, -0.05) is 47.2 Å². The molecular formula is C15H24BrF2NSiZr-4. The third kappa shape index (κ3) is 18.2. The van der Waals surface area contributed by atoms with Gasteiger partial charge in [0.15, 0.2) is 0 Å². The Balaban J connectivity index is -0.0000000695. The topological polar surface area (TPSA) is 23.8 Å². The van der Waals surface area contributed by atoms with Crippen LogP contribution in [0.1, 0.15) is 20.8 Å².